The third-order valence-corrected chi connectivity index (χ3v) is 9.23. The number of benzene rings is 7. The summed E-state index contributed by atoms with van der Waals surface area (Å²) in [6.45, 7) is 0. The fourth-order valence-corrected chi connectivity index (χ4v) is 7.11. The van der Waals surface area contributed by atoms with Crippen LogP contribution in [-0.2, 0) is 0 Å². The Bertz CT molecular complexity index is 2500. The quantitative estimate of drug-likeness (QED) is 0.192. The molecule has 0 saturated heterocycles. The van der Waals surface area contributed by atoms with Crippen molar-refractivity contribution < 1.29 is 0 Å². The molecule has 2 nitrogen and oxygen atoms in total. The zero-order valence-electron chi connectivity index (χ0n) is 24.4. The Labute approximate surface area is 266 Å². The normalized spacial score (nSPS) is 11.7. The molecule has 0 spiro atoms. The van der Waals surface area contributed by atoms with Crippen LogP contribution >= 0.6 is 11.6 Å². The van der Waals surface area contributed by atoms with E-state index in [4.69, 9.17) is 11.6 Å². The third kappa shape index (κ3) is 4.11. The first-order valence-electron chi connectivity index (χ1n) is 15.2. The molecule has 0 fully saturated rings. The Kier molecular flexibility index (Phi) is 5.90. The summed E-state index contributed by atoms with van der Waals surface area (Å²) in [4.78, 5) is 0. The molecule has 0 unspecified atom stereocenters. The van der Waals surface area contributed by atoms with E-state index in [1.165, 1.54) is 60.3 Å². The van der Waals surface area contributed by atoms with Gasteiger partial charge in [0.25, 0.3) is 0 Å². The second-order valence-corrected chi connectivity index (χ2v) is 12.0. The first-order chi connectivity index (χ1) is 22.2. The SMILES string of the molecule is Clc1ccc2c3ccc4c(c5ccccc5n4-c4ccc(-c5ccccc5)cc4)c3n(-c3ccc(-c4ccccc4)cc3)c2c1. The number of para-hydroxylation sites is 1. The molecule has 0 aliphatic rings. The maximum Gasteiger partial charge on any atom is 0.0641 e. The first-order valence-corrected chi connectivity index (χ1v) is 15.6. The van der Waals surface area contributed by atoms with Gasteiger partial charge in [-0.25, -0.2) is 0 Å². The molecule has 0 N–H and O–H groups in total. The van der Waals surface area contributed by atoms with Crippen molar-refractivity contribution in [1.82, 2.24) is 9.13 Å². The summed E-state index contributed by atoms with van der Waals surface area (Å²) >= 11 is 6.65. The molecule has 212 valence electrons. The summed E-state index contributed by atoms with van der Waals surface area (Å²) in [5, 5.41) is 5.58. The topological polar surface area (TPSA) is 9.86 Å². The Balaban J connectivity index is 1.33. The van der Waals surface area contributed by atoms with Crippen LogP contribution in [0.1, 0.15) is 0 Å². The van der Waals surface area contributed by atoms with Crippen molar-refractivity contribution in [3.05, 3.63) is 169 Å². The van der Waals surface area contributed by atoms with E-state index in [1.807, 2.05) is 6.07 Å². The minimum absolute atomic E-state index is 0.727. The van der Waals surface area contributed by atoms with Gasteiger partial charge in [-0.3, -0.25) is 0 Å². The van der Waals surface area contributed by atoms with Crippen molar-refractivity contribution in [2.75, 3.05) is 0 Å². The van der Waals surface area contributed by atoms with E-state index >= 15 is 0 Å². The molecule has 2 heterocycles. The number of hydrogen-bond donors (Lipinski definition) is 0. The van der Waals surface area contributed by atoms with Gasteiger partial charge in [-0.2, -0.15) is 0 Å². The van der Waals surface area contributed by atoms with Crippen LogP contribution in [0.2, 0.25) is 5.02 Å². The van der Waals surface area contributed by atoms with Crippen LogP contribution in [0.4, 0.5) is 0 Å². The first kappa shape index (κ1) is 25.9. The lowest BCUT2D eigenvalue weighted by molar-refractivity contribution is 1.17. The monoisotopic (exact) mass is 594 g/mol. The molecule has 0 saturated carbocycles. The molecule has 9 rings (SSSR count). The Morgan fingerprint density at radius 2 is 0.889 bits per heavy atom. The smallest absolute Gasteiger partial charge is 0.0641 e. The van der Waals surface area contributed by atoms with E-state index in [9.17, 15) is 0 Å². The summed E-state index contributed by atoms with van der Waals surface area (Å²) in [6, 6.07) is 58.4. The second-order valence-electron chi connectivity index (χ2n) is 11.5. The summed E-state index contributed by atoms with van der Waals surface area (Å²) in [7, 11) is 0. The molecule has 0 atom stereocenters. The van der Waals surface area contributed by atoms with Crippen LogP contribution in [0.25, 0.3) is 77.2 Å². The minimum Gasteiger partial charge on any atom is -0.309 e. The van der Waals surface area contributed by atoms with Crippen molar-refractivity contribution in [2.24, 2.45) is 0 Å². The van der Waals surface area contributed by atoms with Gasteiger partial charge >= 0.3 is 0 Å². The van der Waals surface area contributed by atoms with Crippen molar-refractivity contribution in [3.63, 3.8) is 0 Å². The standard InChI is InChI=1S/C42H27ClN2/c43-32-19-24-35-36-25-26-39-41(42(36)45(40(35)27-32)34-22-17-31(18-23-34)29-11-5-2-6-12-29)37-13-7-8-14-38(37)44(39)33-20-15-30(16-21-33)28-9-3-1-4-10-28/h1-27H. The van der Waals surface area contributed by atoms with Gasteiger partial charge in [-0.1, -0.05) is 127 Å². The highest BCUT2D eigenvalue weighted by atomic mass is 35.5. The predicted molar refractivity (Wildman–Crippen MR) is 191 cm³/mol. The number of rotatable bonds is 4. The Morgan fingerprint density at radius 3 is 1.53 bits per heavy atom. The maximum atomic E-state index is 6.65. The van der Waals surface area contributed by atoms with E-state index in [2.05, 4.69) is 167 Å². The number of nitrogens with zero attached hydrogens (tertiary/aromatic N) is 2. The minimum atomic E-state index is 0.727. The van der Waals surface area contributed by atoms with Crippen molar-refractivity contribution in [1.29, 1.82) is 0 Å². The highest BCUT2D eigenvalue weighted by Crippen LogP contribution is 2.42. The molecule has 45 heavy (non-hydrogen) atoms. The van der Waals surface area contributed by atoms with Gasteiger partial charge in [0.2, 0.25) is 0 Å². The Hall–Kier alpha value is -5.57. The van der Waals surface area contributed by atoms with Gasteiger partial charge < -0.3 is 9.13 Å². The molecular weight excluding hydrogens is 568 g/mol. The van der Waals surface area contributed by atoms with Crippen molar-refractivity contribution in [2.45, 2.75) is 0 Å². The van der Waals surface area contributed by atoms with Gasteiger partial charge in [0.05, 0.1) is 22.1 Å². The summed E-state index contributed by atoms with van der Waals surface area (Å²) in [5.41, 5.74) is 11.7. The van der Waals surface area contributed by atoms with Gasteiger partial charge in [0.1, 0.15) is 0 Å². The number of fused-ring (bicyclic) bond motifs is 7. The summed E-state index contributed by atoms with van der Waals surface area (Å²) < 4.78 is 4.79. The molecule has 3 heteroatoms. The molecule has 2 aromatic heterocycles. The van der Waals surface area contributed by atoms with E-state index < -0.39 is 0 Å². The molecule has 7 aromatic carbocycles. The van der Waals surface area contributed by atoms with Crippen LogP contribution in [0, 0.1) is 0 Å². The predicted octanol–water partition coefficient (Wildman–Crippen LogP) is 11.9. The third-order valence-electron chi connectivity index (χ3n) is 8.99. The molecule has 0 aliphatic heterocycles. The van der Waals surface area contributed by atoms with E-state index in [0.29, 0.717) is 0 Å². The lowest BCUT2D eigenvalue weighted by Gasteiger charge is -2.11. The van der Waals surface area contributed by atoms with Crippen LogP contribution in [0.15, 0.2) is 164 Å². The van der Waals surface area contributed by atoms with Crippen LogP contribution in [0.5, 0.6) is 0 Å². The highest BCUT2D eigenvalue weighted by Gasteiger charge is 2.21. The maximum absolute atomic E-state index is 6.65. The van der Waals surface area contributed by atoms with Gasteiger partial charge in [-0.05, 0) is 70.8 Å². The Morgan fingerprint density at radius 1 is 0.356 bits per heavy atom. The van der Waals surface area contributed by atoms with Crippen LogP contribution in [-0.4, -0.2) is 9.13 Å². The van der Waals surface area contributed by atoms with Gasteiger partial charge in [0, 0.05) is 37.9 Å². The zero-order chi connectivity index (χ0) is 29.9. The zero-order valence-corrected chi connectivity index (χ0v) is 25.1. The average Bonchev–Trinajstić information content (AvgIpc) is 3.61. The summed E-state index contributed by atoms with van der Waals surface area (Å²) in [5.74, 6) is 0. The molecule has 0 bridgehead atoms. The largest absolute Gasteiger partial charge is 0.309 e. The molecule has 0 radical (unpaired) electrons. The lowest BCUT2D eigenvalue weighted by Crippen LogP contribution is -1.95. The second kappa shape index (κ2) is 10.3. The molecular formula is C42H27ClN2. The van der Waals surface area contributed by atoms with Gasteiger partial charge in [-0.15, -0.1) is 0 Å². The molecule has 9 aromatic rings. The average molecular weight is 595 g/mol. The highest BCUT2D eigenvalue weighted by molar-refractivity contribution is 6.32. The number of halogens is 1. The van der Waals surface area contributed by atoms with Crippen LogP contribution < -0.4 is 0 Å². The fraction of sp³-hybridized carbons (Fsp3) is 0. The number of hydrogen-bond acceptors (Lipinski definition) is 0. The van der Waals surface area contributed by atoms with E-state index in [1.54, 1.807) is 0 Å². The molecule has 0 aliphatic carbocycles. The summed E-state index contributed by atoms with van der Waals surface area (Å²) in [6.07, 6.45) is 0. The van der Waals surface area contributed by atoms with Gasteiger partial charge in [0.15, 0.2) is 0 Å². The fourth-order valence-electron chi connectivity index (χ4n) is 6.94. The van der Waals surface area contributed by atoms with E-state index in [0.717, 1.165) is 21.9 Å². The lowest BCUT2D eigenvalue weighted by atomic mass is 10.1. The van der Waals surface area contributed by atoms with E-state index in [-0.39, 0.29) is 0 Å². The van der Waals surface area contributed by atoms with Crippen molar-refractivity contribution in [3.8, 4) is 33.6 Å². The molecule has 0 amide bonds. The van der Waals surface area contributed by atoms with Crippen molar-refractivity contribution >= 4 is 55.2 Å². The number of aromatic nitrogens is 2. The van der Waals surface area contributed by atoms with Crippen LogP contribution in [0.3, 0.4) is 0 Å².